The molecule has 2 unspecified atom stereocenters. The number of esters is 1. The highest BCUT2D eigenvalue weighted by atomic mass is 32.2. The van der Waals surface area contributed by atoms with Gasteiger partial charge in [-0.05, 0) is 38.7 Å². The third kappa shape index (κ3) is 4.28. The predicted molar refractivity (Wildman–Crippen MR) is 140 cm³/mol. The van der Waals surface area contributed by atoms with E-state index < -0.39 is 33.4 Å². The first kappa shape index (κ1) is 26.5. The van der Waals surface area contributed by atoms with Crippen molar-refractivity contribution in [2.75, 3.05) is 19.8 Å². The largest absolute Gasteiger partial charge is 0.465 e. The Morgan fingerprint density at radius 3 is 2.64 bits per heavy atom. The first-order chi connectivity index (χ1) is 17.2. The van der Waals surface area contributed by atoms with Gasteiger partial charge in [-0.3, -0.25) is 14.4 Å². The van der Waals surface area contributed by atoms with Crippen molar-refractivity contribution in [1.82, 2.24) is 9.80 Å². The normalized spacial score (nSPS) is 31.1. The molecule has 3 aliphatic rings. The maximum Gasteiger partial charge on any atom is 0.311 e. The van der Waals surface area contributed by atoms with E-state index in [2.05, 4.69) is 13.2 Å². The van der Waals surface area contributed by atoms with Crippen molar-refractivity contribution in [2.24, 2.45) is 11.8 Å². The van der Waals surface area contributed by atoms with E-state index >= 15 is 0 Å². The van der Waals surface area contributed by atoms with Crippen LogP contribution >= 0.6 is 11.8 Å². The number of ether oxygens (including phenoxy) is 1. The number of hydrogen-bond donors (Lipinski definition) is 1. The molecule has 2 bridgehead atoms. The molecule has 3 fully saturated rings. The number of aliphatic hydroxyl groups excluding tert-OH is 1. The molecule has 1 N–H and O–H groups in total. The fraction of sp³-hybridized carbons (Fsp3) is 0.536. The minimum Gasteiger partial charge on any atom is -0.465 e. The SMILES string of the molecule is C=CCCOC(=O)[C@@H]1[C@H]2C(=O)N([C@H](C)CO)C(C(=O)N(CC=C)Cc3ccccc3)C23CC[C@@]1(C)S3. The summed E-state index contributed by atoms with van der Waals surface area (Å²) >= 11 is 1.60. The van der Waals surface area contributed by atoms with Gasteiger partial charge in [-0.15, -0.1) is 24.9 Å². The van der Waals surface area contributed by atoms with Crippen LogP contribution in [0.4, 0.5) is 0 Å². The molecule has 1 spiro atoms. The van der Waals surface area contributed by atoms with Crippen LogP contribution in [-0.4, -0.2) is 74.0 Å². The van der Waals surface area contributed by atoms with Gasteiger partial charge in [-0.2, -0.15) is 0 Å². The van der Waals surface area contributed by atoms with Crippen LogP contribution in [0.5, 0.6) is 0 Å². The van der Waals surface area contributed by atoms with Crippen molar-refractivity contribution in [3.8, 4) is 0 Å². The van der Waals surface area contributed by atoms with Crippen LogP contribution in [0.15, 0.2) is 55.6 Å². The Bertz CT molecular complexity index is 1030. The van der Waals surface area contributed by atoms with E-state index in [1.54, 1.807) is 40.6 Å². The van der Waals surface area contributed by atoms with Gasteiger partial charge in [0.05, 0.1) is 35.8 Å². The highest BCUT2D eigenvalue weighted by molar-refractivity contribution is 8.02. The maximum atomic E-state index is 14.3. The number of rotatable bonds is 11. The molecular weight excluding hydrogens is 476 g/mol. The van der Waals surface area contributed by atoms with E-state index in [1.807, 2.05) is 37.3 Å². The van der Waals surface area contributed by atoms with Crippen molar-refractivity contribution in [2.45, 2.75) is 61.2 Å². The molecule has 4 rings (SSSR count). The summed E-state index contributed by atoms with van der Waals surface area (Å²) in [5.41, 5.74) is 0.979. The Hall–Kier alpha value is -2.58. The predicted octanol–water partition coefficient (Wildman–Crippen LogP) is 3.18. The van der Waals surface area contributed by atoms with Gasteiger partial charge in [0.15, 0.2) is 0 Å². The minimum atomic E-state index is -0.779. The monoisotopic (exact) mass is 512 g/mol. The molecule has 6 atom stereocenters. The lowest BCUT2D eigenvalue weighted by Crippen LogP contribution is -2.56. The Morgan fingerprint density at radius 2 is 2.00 bits per heavy atom. The van der Waals surface area contributed by atoms with Gasteiger partial charge < -0.3 is 19.6 Å². The fourth-order valence-electron chi connectivity index (χ4n) is 6.26. The van der Waals surface area contributed by atoms with E-state index in [0.717, 1.165) is 5.56 Å². The van der Waals surface area contributed by atoms with Gasteiger partial charge in [0, 0.05) is 17.8 Å². The minimum absolute atomic E-state index is 0.174. The van der Waals surface area contributed by atoms with E-state index in [4.69, 9.17) is 4.74 Å². The van der Waals surface area contributed by atoms with E-state index in [9.17, 15) is 19.5 Å². The number of aliphatic hydroxyl groups is 1. The second-order valence-electron chi connectivity index (χ2n) is 10.2. The Kier molecular flexibility index (Phi) is 7.67. The van der Waals surface area contributed by atoms with Gasteiger partial charge >= 0.3 is 5.97 Å². The number of likely N-dealkylation sites (tertiary alicyclic amines) is 1. The summed E-state index contributed by atoms with van der Waals surface area (Å²) < 4.78 is 4.34. The molecule has 1 aromatic rings. The zero-order valence-corrected chi connectivity index (χ0v) is 21.9. The molecular formula is C28H36N2O5S. The van der Waals surface area contributed by atoms with Crippen LogP contribution in [0.2, 0.25) is 0 Å². The highest BCUT2D eigenvalue weighted by Gasteiger charge is 2.78. The molecule has 8 heteroatoms. The lowest BCUT2D eigenvalue weighted by molar-refractivity contribution is -0.156. The van der Waals surface area contributed by atoms with Gasteiger partial charge in [0.1, 0.15) is 6.04 Å². The Morgan fingerprint density at radius 1 is 1.28 bits per heavy atom. The van der Waals surface area contributed by atoms with Crippen molar-refractivity contribution in [3.63, 3.8) is 0 Å². The van der Waals surface area contributed by atoms with E-state index in [1.165, 1.54) is 0 Å². The van der Waals surface area contributed by atoms with Gasteiger partial charge in [0.25, 0.3) is 0 Å². The summed E-state index contributed by atoms with van der Waals surface area (Å²) in [4.78, 5) is 44.9. The van der Waals surface area contributed by atoms with Crippen LogP contribution in [0.3, 0.4) is 0 Å². The molecule has 36 heavy (non-hydrogen) atoms. The third-order valence-corrected chi connectivity index (χ3v) is 9.87. The molecule has 0 aliphatic carbocycles. The van der Waals surface area contributed by atoms with Crippen molar-refractivity contribution in [3.05, 3.63) is 61.2 Å². The third-order valence-electron chi connectivity index (χ3n) is 7.89. The van der Waals surface area contributed by atoms with E-state index in [0.29, 0.717) is 32.4 Å². The summed E-state index contributed by atoms with van der Waals surface area (Å²) in [5, 5.41) is 10.0. The highest BCUT2D eigenvalue weighted by Crippen LogP contribution is 2.71. The number of thioether (sulfide) groups is 1. The first-order valence-corrected chi connectivity index (χ1v) is 13.4. The number of carbonyl (C=O) groups excluding carboxylic acids is 3. The molecule has 0 radical (unpaired) electrons. The number of carbonyl (C=O) groups is 3. The molecule has 194 valence electrons. The van der Waals surface area contributed by atoms with Crippen molar-refractivity contribution in [1.29, 1.82) is 0 Å². The second-order valence-corrected chi connectivity index (χ2v) is 12.1. The average Bonchev–Trinajstić information content (AvgIpc) is 3.44. The zero-order chi connectivity index (χ0) is 26.1. The summed E-state index contributed by atoms with van der Waals surface area (Å²) in [6.45, 7) is 11.9. The van der Waals surface area contributed by atoms with Crippen LogP contribution in [-0.2, 0) is 25.7 Å². The molecule has 3 saturated heterocycles. The summed E-state index contributed by atoms with van der Waals surface area (Å²) in [7, 11) is 0. The van der Waals surface area contributed by atoms with Crippen LogP contribution in [0.1, 0.15) is 38.7 Å². The molecule has 3 aliphatic heterocycles. The Labute approximate surface area is 217 Å². The molecule has 2 amide bonds. The number of benzene rings is 1. The van der Waals surface area contributed by atoms with Crippen LogP contribution < -0.4 is 0 Å². The topological polar surface area (TPSA) is 87.1 Å². The van der Waals surface area contributed by atoms with Crippen molar-refractivity contribution < 1.29 is 24.2 Å². The van der Waals surface area contributed by atoms with Gasteiger partial charge in [0.2, 0.25) is 11.8 Å². The molecule has 1 aromatic carbocycles. The van der Waals surface area contributed by atoms with E-state index in [-0.39, 0.29) is 31.0 Å². The standard InChI is InChI=1S/C28H36N2O5S/c1-5-7-16-35-26(34)22-21-24(32)30(19(3)18-31)23(28(21)14-13-27(22,4)36-28)25(33)29(15-6-2)17-20-11-9-8-10-12-20/h5-6,8-12,19,21-23,31H,1-2,7,13-18H2,3-4H3/t19-,21+,22+,23?,27-,28?/m1/s1. The summed E-state index contributed by atoms with van der Waals surface area (Å²) in [5.74, 6) is -2.10. The lowest BCUT2D eigenvalue weighted by atomic mass is 9.66. The second kappa shape index (κ2) is 10.4. The first-order valence-electron chi connectivity index (χ1n) is 12.6. The molecule has 0 aromatic heterocycles. The molecule has 0 saturated carbocycles. The fourth-order valence-corrected chi connectivity index (χ4v) is 8.59. The number of fused-ring (bicyclic) bond motifs is 1. The smallest absolute Gasteiger partial charge is 0.311 e. The summed E-state index contributed by atoms with van der Waals surface area (Å²) in [6.07, 6.45) is 5.28. The average molecular weight is 513 g/mol. The summed E-state index contributed by atoms with van der Waals surface area (Å²) in [6, 6.07) is 8.37. The van der Waals surface area contributed by atoms with Crippen LogP contribution in [0.25, 0.3) is 0 Å². The maximum absolute atomic E-state index is 14.3. The van der Waals surface area contributed by atoms with Crippen LogP contribution in [0, 0.1) is 11.8 Å². The Balaban J connectivity index is 1.73. The van der Waals surface area contributed by atoms with Crippen molar-refractivity contribution >= 4 is 29.5 Å². The molecule has 7 nitrogen and oxygen atoms in total. The molecule has 3 heterocycles. The lowest BCUT2D eigenvalue weighted by Gasteiger charge is -2.38. The quantitative estimate of drug-likeness (QED) is 0.278. The number of amides is 2. The number of hydrogen-bond acceptors (Lipinski definition) is 6. The zero-order valence-electron chi connectivity index (χ0n) is 21.1. The number of nitrogens with zero attached hydrogens (tertiary/aromatic N) is 2. The van der Waals surface area contributed by atoms with Gasteiger partial charge in [-0.1, -0.05) is 42.5 Å². The van der Waals surface area contributed by atoms with Gasteiger partial charge in [-0.25, -0.2) is 0 Å².